The van der Waals surface area contributed by atoms with Crippen molar-refractivity contribution in [2.45, 2.75) is 36.3 Å². The normalized spacial score (nSPS) is 17.8. The molecule has 0 spiro atoms. The summed E-state index contributed by atoms with van der Waals surface area (Å²) in [5.74, 6) is 0.290. The molecule has 1 aliphatic rings. The highest BCUT2D eigenvalue weighted by Gasteiger charge is 2.22. The van der Waals surface area contributed by atoms with E-state index < -0.39 is 0 Å². The van der Waals surface area contributed by atoms with Crippen molar-refractivity contribution >= 4 is 17.7 Å². The molecule has 0 radical (unpaired) electrons. The minimum Gasteiger partial charge on any atom is -0.342 e. The van der Waals surface area contributed by atoms with E-state index in [9.17, 15) is 4.79 Å². The fourth-order valence-electron chi connectivity index (χ4n) is 2.12. The summed E-state index contributed by atoms with van der Waals surface area (Å²) in [7, 11) is 0. The van der Waals surface area contributed by atoms with E-state index in [0.29, 0.717) is 5.91 Å². The van der Waals surface area contributed by atoms with Crippen LogP contribution in [-0.2, 0) is 4.79 Å². The molecule has 0 bridgehead atoms. The van der Waals surface area contributed by atoms with Crippen LogP contribution in [0.1, 0.15) is 26.2 Å². The van der Waals surface area contributed by atoms with Gasteiger partial charge in [-0.25, -0.2) is 0 Å². The first-order valence-corrected chi connectivity index (χ1v) is 7.16. The van der Waals surface area contributed by atoms with E-state index in [-0.39, 0.29) is 5.25 Å². The average molecular weight is 249 g/mol. The summed E-state index contributed by atoms with van der Waals surface area (Å²) in [6.45, 7) is 3.89. The van der Waals surface area contributed by atoms with Gasteiger partial charge in [-0.2, -0.15) is 0 Å². The molecule has 3 heteroatoms. The summed E-state index contributed by atoms with van der Waals surface area (Å²) < 4.78 is 0. The zero-order valence-electron chi connectivity index (χ0n) is 10.3. The Kier molecular flexibility index (Phi) is 4.49. The van der Waals surface area contributed by atoms with Crippen LogP contribution in [0.3, 0.4) is 0 Å². The van der Waals surface area contributed by atoms with Crippen LogP contribution in [0.5, 0.6) is 0 Å². The smallest absolute Gasteiger partial charge is 0.235 e. The molecule has 0 unspecified atom stereocenters. The number of thioether (sulfide) groups is 1. The van der Waals surface area contributed by atoms with Crippen molar-refractivity contribution in [3.05, 3.63) is 30.3 Å². The van der Waals surface area contributed by atoms with E-state index >= 15 is 0 Å². The highest BCUT2D eigenvalue weighted by Crippen LogP contribution is 2.24. The summed E-state index contributed by atoms with van der Waals surface area (Å²) in [6.07, 6.45) is 3.59. The van der Waals surface area contributed by atoms with Gasteiger partial charge in [0.2, 0.25) is 5.91 Å². The second-order valence-electron chi connectivity index (χ2n) is 4.46. The van der Waals surface area contributed by atoms with E-state index in [1.54, 1.807) is 11.8 Å². The Morgan fingerprint density at radius 3 is 2.47 bits per heavy atom. The Hall–Kier alpha value is -0.960. The topological polar surface area (TPSA) is 20.3 Å². The molecule has 0 saturated carbocycles. The van der Waals surface area contributed by atoms with Gasteiger partial charge in [-0.05, 0) is 38.3 Å². The maximum Gasteiger partial charge on any atom is 0.235 e. The molecule has 1 atom stereocenters. The van der Waals surface area contributed by atoms with Gasteiger partial charge in [-0.1, -0.05) is 18.2 Å². The largest absolute Gasteiger partial charge is 0.342 e. The van der Waals surface area contributed by atoms with E-state index in [2.05, 4.69) is 12.1 Å². The molecule has 92 valence electrons. The van der Waals surface area contributed by atoms with Gasteiger partial charge >= 0.3 is 0 Å². The Morgan fingerprint density at radius 2 is 1.82 bits per heavy atom. The third kappa shape index (κ3) is 3.50. The van der Waals surface area contributed by atoms with Crippen molar-refractivity contribution < 1.29 is 4.79 Å². The first kappa shape index (κ1) is 12.5. The summed E-state index contributed by atoms with van der Waals surface area (Å²) in [6, 6.07) is 10.2. The minimum atomic E-state index is 0.0236. The lowest BCUT2D eigenvalue weighted by atomic mass is 10.1. The zero-order chi connectivity index (χ0) is 12.1. The van der Waals surface area contributed by atoms with E-state index in [1.807, 2.05) is 30.0 Å². The molecule has 2 nitrogen and oxygen atoms in total. The quantitative estimate of drug-likeness (QED) is 0.767. The van der Waals surface area contributed by atoms with Gasteiger partial charge in [0.05, 0.1) is 5.25 Å². The van der Waals surface area contributed by atoms with E-state index in [4.69, 9.17) is 0 Å². The lowest BCUT2D eigenvalue weighted by Gasteiger charge is -2.29. The van der Waals surface area contributed by atoms with Crippen LogP contribution in [0.2, 0.25) is 0 Å². The molecule has 1 aromatic carbocycles. The highest BCUT2D eigenvalue weighted by atomic mass is 32.2. The average Bonchev–Trinajstić information content (AvgIpc) is 2.40. The molecular formula is C14H19NOS. The molecule has 1 aliphatic heterocycles. The van der Waals surface area contributed by atoms with Gasteiger partial charge in [0.25, 0.3) is 0 Å². The van der Waals surface area contributed by atoms with Crippen LogP contribution in [0.4, 0.5) is 0 Å². The Balaban J connectivity index is 1.90. The number of amides is 1. The fraction of sp³-hybridized carbons (Fsp3) is 0.500. The number of likely N-dealkylation sites (tertiary alicyclic amines) is 1. The molecule has 0 N–H and O–H groups in total. The summed E-state index contributed by atoms with van der Waals surface area (Å²) >= 11 is 1.65. The second kappa shape index (κ2) is 6.10. The molecule has 1 heterocycles. The Bertz CT molecular complexity index is 360. The molecular weight excluding hydrogens is 230 g/mol. The van der Waals surface area contributed by atoms with Crippen LogP contribution in [-0.4, -0.2) is 29.1 Å². The van der Waals surface area contributed by atoms with Crippen molar-refractivity contribution in [1.29, 1.82) is 0 Å². The van der Waals surface area contributed by atoms with Gasteiger partial charge in [0.15, 0.2) is 0 Å². The molecule has 1 aromatic rings. The summed E-state index contributed by atoms with van der Waals surface area (Å²) in [5, 5.41) is 0.0236. The number of carbonyl (C=O) groups is 1. The lowest BCUT2D eigenvalue weighted by Crippen LogP contribution is -2.40. The minimum absolute atomic E-state index is 0.0236. The predicted octanol–water partition coefficient (Wildman–Crippen LogP) is 3.18. The van der Waals surface area contributed by atoms with E-state index in [1.165, 1.54) is 11.3 Å². The maximum atomic E-state index is 12.2. The third-order valence-electron chi connectivity index (χ3n) is 3.07. The van der Waals surface area contributed by atoms with E-state index in [0.717, 1.165) is 25.9 Å². The second-order valence-corrected chi connectivity index (χ2v) is 5.87. The van der Waals surface area contributed by atoms with Crippen molar-refractivity contribution in [2.24, 2.45) is 0 Å². The van der Waals surface area contributed by atoms with Gasteiger partial charge in [-0.15, -0.1) is 11.8 Å². The maximum absolute atomic E-state index is 12.2. The van der Waals surface area contributed by atoms with Gasteiger partial charge in [-0.3, -0.25) is 4.79 Å². The number of carbonyl (C=O) groups excluding carboxylic acids is 1. The van der Waals surface area contributed by atoms with Crippen LogP contribution >= 0.6 is 11.8 Å². The van der Waals surface area contributed by atoms with Crippen LogP contribution < -0.4 is 0 Å². The fourth-order valence-corrected chi connectivity index (χ4v) is 3.10. The van der Waals surface area contributed by atoms with Crippen molar-refractivity contribution in [2.75, 3.05) is 13.1 Å². The first-order chi connectivity index (χ1) is 8.27. The van der Waals surface area contributed by atoms with Crippen molar-refractivity contribution in [1.82, 2.24) is 4.90 Å². The number of hydrogen-bond donors (Lipinski definition) is 0. The summed E-state index contributed by atoms with van der Waals surface area (Å²) in [4.78, 5) is 15.4. The Morgan fingerprint density at radius 1 is 1.18 bits per heavy atom. The molecule has 1 amide bonds. The molecule has 0 aromatic heterocycles. The van der Waals surface area contributed by atoms with Crippen molar-refractivity contribution in [3.8, 4) is 0 Å². The van der Waals surface area contributed by atoms with Crippen LogP contribution in [0.15, 0.2) is 35.2 Å². The van der Waals surface area contributed by atoms with Gasteiger partial charge in [0.1, 0.15) is 0 Å². The molecule has 1 saturated heterocycles. The third-order valence-corrected chi connectivity index (χ3v) is 4.17. The van der Waals surface area contributed by atoms with Crippen LogP contribution in [0, 0.1) is 0 Å². The van der Waals surface area contributed by atoms with Gasteiger partial charge < -0.3 is 4.90 Å². The number of nitrogens with zero attached hydrogens (tertiary/aromatic N) is 1. The Labute approximate surface area is 107 Å². The number of benzene rings is 1. The summed E-state index contributed by atoms with van der Waals surface area (Å²) in [5.41, 5.74) is 0. The number of hydrogen-bond acceptors (Lipinski definition) is 2. The first-order valence-electron chi connectivity index (χ1n) is 6.28. The number of piperidine rings is 1. The predicted molar refractivity (Wildman–Crippen MR) is 72.2 cm³/mol. The SMILES string of the molecule is C[C@H](Sc1ccccc1)C(=O)N1CCCCC1. The highest BCUT2D eigenvalue weighted by molar-refractivity contribution is 8.00. The molecule has 2 rings (SSSR count). The zero-order valence-corrected chi connectivity index (χ0v) is 11.1. The molecule has 17 heavy (non-hydrogen) atoms. The lowest BCUT2D eigenvalue weighted by molar-refractivity contribution is -0.131. The number of rotatable bonds is 3. The van der Waals surface area contributed by atoms with Crippen molar-refractivity contribution in [3.63, 3.8) is 0 Å². The molecule has 0 aliphatic carbocycles. The standard InChI is InChI=1S/C14H19NOS/c1-12(17-13-8-4-2-5-9-13)14(16)15-10-6-3-7-11-15/h2,4-5,8-9,12H,3,6-7,10-11H2,1H3/t12-/m0/s1. The monoisotopic (exact) mass is 249 g/mol. The van der Waals surface area contributed by atoms with Gasteiger partial charge in [0, 0.05) is 18.0 Å². The van der Waals surface area contributed by atoms with Crippen LogP contribution in [0.25, 0.3) is 0 Å². The molecule has 1 fully saturated rings.